The number of aliphatic imine (C=N–C) groups is 1. The fourth-order valence-electron chi connectivity index (χ4n) is 4.35. The van der Waals surface area contributed by atoms with Crippen molar-refractivity contribution < 1.29 is 17.9 Å². The Morgan fingerprint density at radius 3 is 2.53 bits per heavy atom. The normalized spacial score (nSPS) is 18.3. The average Bonchev–Trinajstić information content (AvgIpc) is 3.01. The predicted molar refractivity (Wildman–Crippen MR) is 132 cm³/mol. The molecule has 0 N–H and O–H groups in total. The second-order valence-electron chi connectivity index (χ2n) is 8.21. The zero-order valence-electron chi connectivity index (χ0n) is 18.8. The van der Waals surface area contributed by atoms with Crippen molar-refractivity contribution in [2.45, 2.75) is 17.9 Å². The first-order valence-corrected chi connectivity index (χ1v) is 12.8. The van der Waals surface area contributed by atoms with E-state index in [1.54, 1.807) is 35.7 Å². The monoisotopic (exact) mass is 497 g/mol. The van der Waals surface area contributed by atoms with Gasteiger partial charge in [-0.05, 0) is 55.5 Å². The topological polar surface area (TPSA) is 71.4 Å². The highest BCUT2D eigenvalue weighted by Crippen LogP contribution is 2.43. The Bertz CT molecular complexity index is 1360. The largest absolute Gasteiger partial charge is 0.493 e. The molecule has 34 heavy (non-hydrogen) atoms. The number of rotatable bonds is 3. The number of methoxy groups -OCH3 is 1. The number of sulfonamides is 1. The maximum Gasteiger partial charge on any atom is 0.243 e. The predicted octanol–water partition coefficient (Wildman–Crippen LogP) is 4.93. The van der Waals surface area contributed by atoms with E-state index < -0.39 is 10.0 Å². The molecule has 2 aliphatic heterocycles. The molecule has 3 aromatic rings. The zero-order chi connectivity index (χ0) is 23.9. The molecule has 5 rings (SSSR count). The summed E-state index contributed by atoms with van der Waals surface area (Å²) < 4.78 is 39.9. The highest BCUT2D eigenvalue weighted by molar-refractivity contribution is 7.89. The van der Waals surface area contributed by atoms with Crippen LogP contribution in [0.5, 0.6) is 17.2 Å². The Balaban J connectivity index is 1.49. The van der Waals surface area contributed by atoms with Gasteiger partial charge in [-0.25, -0.2) is 13.4 Å². The molecule has 0 aromatic heterocycles. The summed E-state index contributed by atoms with van der Waals surface area (Å²) in [5.74, 6) is 2.57. The van der Waals surface area contributed by atoms with Crippen LogP contribution in [0, 0.1) is 0 Å². The summed E-state index contributed by atoms with van der Waals surface area (Å²) in [6, 6.07) is 19.3. The van der Waals surface area contributed by atoms with E-state index in [9.17, 15) is 8.42 Å². The number of halogens is 1. The summed E-state index contributed by atoms with van der Waals surface area (Å²) in [4.78, 5) is 7.30. The van der Waals surface area contributed by atoms with Crippen molar-refractivity contribution in [3.8, 4) is 17.2 Å². The first-order chi connectivity index (χ1) is 16.4. The number of fused-ring (bicyclic) bond motifs is 2. The van der Waals surface area contributed by atoms with Crippen LogP contribution in [-0.4, -0.2) is 56.2 Å². The lowest BCUT2D eigenvalue weighted by Gasteiger charge is -2.40. The third-order valence-electron chi connectivity index (χ3n) is 6.03. The summed E-state index contributed by atoms with van der Waals surface area (Å²) in [6.45, 7) is 3.19. The van der Waals surface area contributed by atoms with Crippen LogP contribution in [0.4, 0.5) is 5.69 Å². The van der Waals surface area contributed by atoms with E-state index in [0.29, 0.717) is 47.6 Å². The van der Waals surface area contributed by atoms with Crippen LogP contribution < -0.4 is 9.47 Å². The van der Waals surface area contributed by atoms with Crippen LogP contribution in [0.15, 0.2) is 76.6 Å². The number of amidine groups is 1. The van der Waals surface area contributed by atoms with Crippen molar-refractivity contribution in [2.75, 3.05) is 26.7 Å². The maximum atomic E-state index is 13.3. The highest BCUT2D eigenvalue weighted by atomic mass is 35.5. The molecule has 1 atom stereocenters. The molecule has 0 spiro atoms. The molecule has 1 unspecified atom stereocenters. The van der Waals surface area contributed by atoms with Gasteiger partial charge < -0.3 is 14.4 Å². The van der Waals surface area contributed by atoms with E-state index in [2.05, 4.69) is 4.90 Å². The fourth-order valence-corrected chi connectivity index (χ4v) is 6.09. The van der Waals surface area contributed by atoms with E-state index in [1.165, 1.54) is 0 Å². The Hall–Kier alpha value is -3.07. The fraction of sp³-hybridized carbons (Fsp3) is 0.240. The molecule has 9 heteroatoms. The zero-order valence-corrected chi connectivity index (χ0v) is 20.4. The highest BCUT2D eigenvalue weighted by Gasteiger charge is 2.36. The van der Waals surface area contributed by atoms with Gasteiger partial charge in [-0.2, -0.15) is 4.31 Å². The van der Waals surface area contributed by atoms with Crippen molar-refractivity contribution in [2.24, 2.45) is 4.99 Å². The number of hydrogen-bond donors (Lipinski definition) is 0. The first-order valence-electron chi connectivity index (χ1n) is 10.9. The smallest absolute Gasteiger partial charge is 0.243 e. The molecule has 2 aliphatic rings. The van der Waals surface area contributed by atoms with Crippen LogP contribution in [-0.2, 0) is 10.0 Å². The lowest BCUT2D eigenvalue weighted by Crippen LogP contribution is -2.55. The van der Waals surface area contributed by atoms with Gasteiger partial charge in [0.05, 0.1) is 17.6 Å². The van der Waals surface area contributed by atoms with Gasteiger partial charge in [-0.3, -0.25) is 0 Å². The summed E-state index contributed by atoms with van der Waals surface area (Å²) in [7, 11) is -2.04. The molecular weight excluding hydrogens is 474 g/mol. The lowest BCUT2D eigenvalue weighted by atomic mass is 10.1. The van der Waals surface area contributed by atoms with Crippen molar-refractivity contribution in [1.29, 1.82) is 0 Å². The van der Waals surface area contributed by atoms with Gasteiger partial charge in [0.15, 0.2) is 17.2 Å². The third-order valence-corrected chi connectivity index (χ3v) is 8.31. The minimum absolute atomic E-state index is 0.237. The Morgan fingerprint density at radius 1 is 1.03 bits per heavy atom. The summed E-state index contributed by atoms with van der Waals surface area (Å²) in [6.07, 6.45) is 0. The van der Waals surface area contributed by atoms with Gasteiger partial charge in [0.1, 0.15) is 11.5 Å². The van der Waals surface area contributed by atoms with Crippen molar-refractivity contribution in [3.63, 3.8) is 0 Å². The number of benzene rings is 3. The molecule has 1 saturated heterocycles. The van der Waals surface area contributed by atoms with E-state index >= 15 is 0 Å². The Labute approximate surface area is 204 Å². The summed E-state index contributed by atoms with van der Waals surface area (Å²) in [5.41, 5.74) is 1.51. The van der Waals surface area contributed by atoms with E-state index in [-0.39, 0.29) is 10.9 Å². The molecule has 176 valence electrons. The molecule has 3 aromatic carbocycles. The van der Waals surface area contributed by atoms with Crippen molar-refractivity contribution in [3.05, 3.63) is 77.3 Å². The molecule has 0 saturated carbocycles. The third kappa shape index (κ3) is 4.02. The molecule has 0 radical (unpaired) electrons. The quantitative estimate of drug-likeness (QED) is 0.513. The molecule has 2 heterocycles. The first kappa shape index (κ1) is 22.7. The van der Waals surface area contributed by atoms with Crippen LogP contribution in [0.1, 0.15) is 12.5 Å². The van der Waals surface area contributed by atoms with Crippen molar-refractivity contribution >= 4 is 33.1 Å². The van der Waals surface area contributed by atoms with Crippen LogP contribution >= 0.6 is 11.6 Å². The van der Waals surface area contributed by atoms with E-state index in [4.69, 9.17) is 26.1 Å². The summed E-state index contributed by atoms with van der Waals surface area (Å²) >= 11 is 5.95. The van der Waals surface area contributed by atoms with Crippen LogP contribution in [0.2, 0.25) is 5.02 Å². The standard InChI is InChI=1S/C25H24ClN3O4S/c1-17-16-28(14-15-29(17)34(30,31)19-12-10-18(26)11-13-19)25-20-6-5-9-23(32-2)24(20)33-22-8-4-3-7-21(22)27-25/h3-13,17H,14-16H2,1-2H3. The van der Waals surface area contributed by atoms with Gasteiger partial charge in [-0.1, -0.05) is 29.8 Å². The average molecular weight is 498 g/mol. The number of hydrogen-bond acceptors (Lipinski definition) is 6. The van der Waals surface area contributed by atoms with Crippen LogP contribution in [0.3, 0.4) is 0 Å². The van der Waals surface area contributed by atoms with E-state index in [0.717, 1.165) is 11.4 Å². The second-order valence-corrected chi connectivity index (χ2v) is 10.5. The van der Waals surface area contributed by atoms with Gasteiger partial charge in [0.25, 0.3) is 0 Å². The molecule has 0 bridgehead atoms. The number of para-hydroxylation sites is 3. The lowest BCUT2D eigenvalue weighted by molar-refractivity contribution is 0.205. The molecule has 0 aliphatic carbocycles. The molecule has 0 amide bonds. The van der Waals surface area contributed by atoms with Gasteiger partial charge in [-0.15, -0.1) is 0 Å². The Kier molecular flexibility index (Phi) is 5.97. The number of ether oxygens (including phenoxy) is 2. The Morgan fingerprint density at radius 2 is 1.79 bits per heavy atom. The van der Waals surface area contributed by atoms with Gasteiger partial charge >= 0.3 is 0 Å². The molecular formula is C25H24ClN3O4S. The van der Waals surface area contributed by atoms with Gasteiger partial charge in [0.2, 0.25) is 10.0 Å². The van der Waals surface area contributed by atoms with Gasteiger partial charge in [0, 0.05) is 30.7 Å². The number of nitrogens with zero attached hydrogens (tertiary/aromatic N) is 3. The van der Waals surface area contributed by atoms with E-state index in [1.807, 2.05) is 49.4 Å². The summed E-state index contributed by atoms with van der Waals surface area (Å²) in [5, 5.41) is 0.500. The molecule has 1 fully saturated rings. The second kappa shape index (κ2) is 8.94. The molecule has 7 nitrogen and oxygen atoms in total. The maximum absolute atomic E-state index is 13.3. The SMILES string of the molecule is COc1cccc2c1Oc1ccccc1N=C2N1CCN(S(=O)(=O)c2ccc(Cl)cc2)C(C)C1. The van der Waals surface area contributed by atoms with Crippen LogP contribution in [0.25, 0.3) is 0 Å². The minimum Gasteiger partial charge on any atom is -0.493 e. The van der Waals surface area contributed by atoms with Crippen molar-refractivity contribution in [1.82, 2.24) is 9.21 Å². The minimum atomic E-state index is -3.65. The number of piperazine rings is 1.